The summed E-state index contributed by atoms with van der Waals surface area (Å²) in [6.45, 7) is 1.84. The molecule has 1 aliphatic rings. The van der Waals surface area contributed by atoms with Crippen molar-refractivity contribution in [3.05, 3.63) is 0 Å². The Morgan fingerprint density at radius 1 is 1.40 bits per heavy atom. The van der Waals surface area contributed by atoms with Crippen LogP contribution in [-0.4, -0.2) is 49.9 Å². The van der Waals surface area contributed by atoms with Crippen LogP contribution in [0.5, 0.6) is 0 Å². The van der Waals surface area contributed by atoms with Crippen LogP contribution < -0.4 is 10.6 Å². The van der Waals surface area contributed by atoms with E-state index >= 15 is 0 Å². The Hall–Kier alpha value is -0.940. The topological polar surface area (TPSA) is 61.4 Å². The van der Waals surface area contributed by atoms with Crippen LogP contribution in [0, 0.1) is 0 Å². The third-order valence-corrected chi connectivity index (χ3v) is 2.39. The Morgan fingerprint density at radius 2 is 2.13 bits per heavy atom. The van der Waals surface area contributed by atoms with Crippen LogP contribution in [0.3, 0.4) is 0 Å². The summed E-state index contributed by atoms with van der Waals surface area (Å²) in [5.74, 6) is -0.363. The zero-order valence-corrected chi connectivity index (χ0v) is 9.38. The summed E-state index contributed by atoms with van der Waals surface area (Å²) in [7, 11) is 4.08. The lowest BCUT2D eigenvalue weighted by molar-refractivity contribution is -0.125. The summed E-state index contributed by atoms with van der Waals surface area (Å²) >= 11 is 0. The second-order valence-corrected chi connectivity index (χ2v) is 4.13. The molecule has 1 unspecified atom stereocenters. The molecular weight excluding hydrogens is 194 g/mol. The number of hydrogen-bond donors (Lipinski definition) is 2. The van der Waals surface area contributed by atoms with Gasteiger partial charge in [0.25, 0.3) is 0 Å². The summed E-state index contributed by atoms with van der Waals surface area (Å²) in [6.07, 6.45) is 2.41. The molecule has 0 bridgehead atoms. The number of rotatable bonds is 6. The molecule has 0 aromatic carbocycles. The van der Waals surface area contributed by atoms with Gasteiger partial charge in [-0.25, -0.2) is 0 Å². The zero-order chi connectivity index (χ0) is 11.3. The zero-order valence-electron chi connectivity index (χ0n) is 9.38. The van der Waals surface area contributed by atoms with Gasteiger partial charge in [-0.3, -0.25) is 14.9 Å². The van der Waals surface area contributed by atoms with E-state index < -0.39 is 0 Å². The van der Waals surface area contributed by atoms with E-state index in [-0.39, 0.29) is 24.3 Å². The van der Waals surface area contributed by atoms with Gasteiger partial charge in [0.15, 0.2) is 0 Å². The van der Waals surface area contributed by atoms with Gasteiger partial charge in [0, 0.05) is 0 Å². The van der Waals surface area contributed by atoms with Crippen LogP contribution in [0.25, 0.3) is 0 Å². The standard InChI is InChI=1S/C10H19N3O2/c1-13(2)6-4-3-5-11-8-7-9(14)12-10(8)15/h8,11H,3-7H2,1-2H3,(H,12,14,15). The maximum atomic E-state index is 11.2. The SMILES string of the molecule is CN(C)CCCCNC1CC(=O)NC1=O. The van der Waals surface area contributed by atoms with E-state index in [1.807, 2.05) is 14.1 Å². The Bertz CT molecular complexity index is 241. The van der Waals surface area contributed by atoms with Crippen molar-refractivity contribution in [3.63, 3.8) is 0 Å². The second-order valence-electron chi connectivity index (χ2n) is 4.13. The summed E-state index contributed by atoms with van der Waals surface area (Å²) in [5.41, 5.74) is 0. The molecule has 0 saturated carbocycles. The molecule has 15 heavy (non-hydrogen) atoms. The summed E-state index contributed by atoms with van der Waals surface area (Å²) in [5, 5.41) is 5.36. The largest absolute Gasteiger partial charge is 0.309 e. The van der Waals surface area contributed by atoms with Crippen LogP contribution in [-0.2, 0) is 9.59 Å². The van der Waals surface area contributed by atoms with Gasteiger partial charge >= 0.3 is 0 Å². The van der Waals surface area contributed by atoms with Crippen molar-refractivity contribution in [3.8, 4) is 0 Å². The summed E-state index contributed by atoms with van der Waals surface area (Å²) < 4.78 is 0. The van der Waals surface area contributed by atoms with Crippen LogP contribution in [0.1, 0.15) is 19.3 Å². The first-order valence-corrected chi connectivity index (χ1v) is 5.31. The highest BCUT2D eigenvalue weighted by Gasteiger charge is 2.29. The van der Waals surface area contributed by atoms with Crippen LogP contribution in [0.4, 0.5) is 0 Å². The number of amides is 2. The predicted octanol–water partition coefficient (Wildman–Crippen LogP) is -0.667. The smallest absolute Gasteiger partial charge is 0.244 e. The van der Waals surface area contributed by atoms with Gasteiger partial charge in [-0.1, -0.05) is 0 Å². The second kappa shape index (κ2) is 5.82. The molecule has 1 atom stereocenters. The number of unbranched alkanes of at least 4 members (excludes halogenated alkanes) is 1. The Morgan fingerprint density at radius 3 is 2.67 bits per heavy atom. The lowest BCUT2D eigenvalue weighted by Gasteiger charge is -2.11. The van der Waals surface area contributed by atoms with E-state index in [4.69, 9.17) is 0 Å². The van der Waals surface area contributed by atoms with E-state index in [1.54, 1.807) is 0 Å². The van der Waals surface area contributed by atoms with Crippen molar-refractivity contribution in [1.82, 2.24) is 15.5 Å². The molecule has 1 saturated heterocycles. The van der Waals surface area contributed by atoms with Crippen molar-refractivity contribution in [2.45, 2.75) is 25.3 Å². The number of nitrogens with zero attached hydrogens (tertiary/aromatic N) is 1. The molecule has 1 heterocycles. The van der Waals surface area contributed by atoms with Crippen molar-refractivity contribution >= 4 is 11.8 Å². The molecule has 5 nitrogen and oxygen atoms in total. The van der Waals surface area contributed by atoms with Gasteiger partial charge in [-0.2, -0.15) is 0 Å². The highest BCUT2D eigenvalue weighted by Crippen LogP contribution is 2.01. The molecule has 0 radical (unpaired) electrons. The van der Waals surface area contributed by atoms with E-state index in [1.165, 1.54) is 0 Å². The fourth-order valence-electron chi connectivity index (χ4n) is 1.55. The minimum Gasteiger partial charge on any atom is -0.309 e. The normalized spacial score (nSPS) is 21.1. The van der Waals surface area contributed by atoms with E-state index in [2.05, 4.69) is 15.5 Å². The maximum Gasteiger partial charge on any atom is 0.244 e. The highest BCUT2D eigenvalue weighted by molar-refractivity contribution is 6.05. The number of imide groups is 1. The average molecular weight is 213 g/mol. The molecule has 0 aromatic heterocycles. The quantitative estimate of drug-likeness (QED) is 0.454. The Balaban J connectivity index is 2.05. The van der Waals surface area contributed by atoms with Crippen molar-refractivity contribution in [1.29, 1.82) is 0 Å². The first-order chi connectivity index (χ1) is 7.09. The molecule has 2 amide bonds. The number of carbonyl (C=O) groups excluding carboxylic acids is 2. The molecule has 86 valence electrons. The Kier molecular flexibility index (Phi) is 4.71. The molecule has 0 aromatic rings. The van der Waals surface area contributed by atoms with E-state index in [0.717, 1.165) is 25.9 Å². The van der Waals surface area contributed by atoms with Gasteiger partial charge in [0.05, 0.1) is 12.5 Å². The van der Waals surface area contributed by atoms with Crippen LogP contribution >= 0.6 is 0 Å². The van der Waals surface area contributed by atoms with Crippen molar-refractivity contribution in [2.24, 2.45) is 0 Å². The minimum atomic E-state index is -0.308. The van der Waals surface area contributed by atoms with Crippen molar-refractivity contribution in [2.75, 3.05) is 27.2 Å². The molecule has 0 spiro atoms. The van der Waals surface area contributed by atoms with Gasteiger partial charge < -0.3 is 10.2 Å². The maximum absolute atomic E-state index is 11.2. The molecule has 1 fully saturated rings. The summed E-state index contributed by atoms with van der Waals surface area (Å²) in [4.78, 5) is 24.1. The first kappa shape index (κ1) is 12.1. The molecule has 1 aliphatic heterocycles. The molecule has 2 N–H and O–H groups in total. The fourth-order valence-corrected chi connectivity index (χ4v) is 1.55. The fraction of sp³-hybridized carbons (Fsp3) is 0.800. The highest BCUT2D eigenvalue weighted by atomic mass is 16.2. The van der Waals surface area contributed by atoms with Crippen LogP contribution in [0.2, 0.25) is 0 Å². The first-order valence-electron chi connectivity index (χ1n) is 5.31. The van der Waals surface area contributed by atoms with Crippen molar-refractivity contribution < 1.29 is 9.59 Å². The summed E-state index contributed by atoms with van der Waals surface area (Å²) in [6, 6.07) is -0.308. The number of nitrogens with one attached hydrogen (secondary N) is 2. The minimum absolute atomic E-state index is 0.175. The Labute approximate surface area is 90.2 Å². The van der Waals surface area contributed by atoms with Gasteiger partial charge in [0.2, 0.25) is 11.8 Å². The van der Waals surface area contributed by atoms with Crippen LogP contribution in [0.15, 0.2) is 0 Å². The molecular formula is C10H19N3O2. The monoisotopic (exact) mass is 213 g/mol. The van der Waals surface area contributed by atoms with E-state index in [0.29, 0.717) is 0 Å². The number of hydrogen-bond acceptors (Lipinski definition) is 4. The molecule has 5 heteroatoms. The van der Waals surface area contributed by atoms with Gasteiger partial charge in [0.1, 0.15) is 0 Å². The third-order valence-electron chi connectivity index (χ3n) is 2.39. The third kappa shape index (κ3) is 4.40. The number of carbonyl (C=O) groups is 2. The average Bonchev–Trinajstić information content (AvgIpc) is 2.44. The lowest BCUT2D eigenvalue weighted by atomic mass is 10.2. The predicted molar refractivity (Wildman–Crippen MR) is 57.3 cm³/mol. The lowest BCUT2D eigenvalue weighted by Crippen LogP contribution is -2.36. The van der Waals surface area contributed by atoms with E-state index in [9.17, 15) is 9.59 Å². The molecule has 1 rings (SSSR count). The van der Waals surface area contributed by atoms with Gasteiger partial charge in [-0.15, -0.1) is 0 Å². The molecule has 0 aliphatic carbocycles. The van der Waals surface area contributed by atoms with Gasteiger partial charge in [-0.05, 0) is 40.0 Å².